The normalized spacial score (nSPS) is 13.3. The highest BCUT2D eigenvalue weighted by atomic mass is 35.8. The summed E-state index contributed by atoms with van der Waals surface area (Å²) < 4.78 is 5.59. The SMILES string of the molecule is CCCCCCCCCCCCCCCCCC(OCC)[Si](Cl)(Cl)Cl. The first kappa shape index (κ1) is 26.0. The largest absolute Gasteiger partial charge is 0.378 e. The van der Waals surface area contributed by atoms with Gasteiger partial charge in [0.05, 0.1) is 5.73 Å². The molecule has 1 atom stereocenters. The van der Waals surface area contributed by atoms with Crippen LogP contribution in [-0.2, 0) is 4.74 Å². The van der Waals surface area contributed by atoms with Crippen molar-refractivity contribution in [1.29, 1.82) is 0 Å². The quantitative estimate of drug-likeness (QED) is 0.113. The topological polar surface area (TPSA) is 9.23 Å². The molecule has 0 heterocycles. The fraction of sp³-hybridized carbons (Fsp3) is 1.00. The molecule has 0 bridgehead atoms. The van der Waals surface area contributed by atoms with E-state index >= 15 is 0 Å². The number of halogens is 3. The molecular weight excluding hydrogens is 391 g/mol. The Morgan fingerprint density at radius 2 is 0.960 bits per heavy atom. The van der Waals surface area contributed by atoms with Crippen molar-refractivity contribution in [3.63, 3.8) is 0 Å². The van der Waals surface area contributed by atoms with E-state index in [-0.39, 0.29) is 5.73 Å². The molecular formula is C20H41Cl3OSi. The van der Waals surface area contributed by atoms with Crippen LogP contribution in [-0.4, -0.2) is 18.3 Å². The number of hydrogen-bond acceptors (Lipinski definition) is 1. The minimum absolute atomic E-state index is 0.135. The lowest BCUT2D eigenvalue weighted by atomic mass is 10.0. The summed E-state index contributed by atoms with van der Waals surface area (Å²) in [6, 6.07) is -2.72. The van der Waals surface area contributed by atoms with Crippen molar-refractivity contribution >= 4 is 39.2 Å². The fourth-order valence-electron chi connectivity index (χ4n) is 3.24. The molecule has 0 N–H and O–H groups in total. The van der Waals surface area contributed by atoms with Crippen LogP contribution in [0.5, 0.6) is 0 Å². The maximum Gasteiger partial charge on any atom is 0.369 e. The van der Waals surface area contributed by atoms with E-state index in [9.17, 15) is 0 Å². The van der Waals surface area contributed by atoms with Gasteiger partial charge in [-0.15, -0.1) is 33.2 Å². The molecule has 5 heteroatoms. The van der Waals surface area contributed by atoms with E-state index < -0.39 is 6.00 Å². The van der Waals surface area contributed by atoms with Crippen LogP contribution >= 0.6 is 33.2 Å². The van der Waals surface area contributed by atoms with Crippen molar-refractivity contribution < 1.29 is 4.74 Å². The lowest BCUT2D eigenvalue weighted by Gasteiger charge is -2.21. The van der Waals surface area contributed by atoms with Gasteiger partial charge in [-0.3, -0.25) is 0 Å². The van der Waals surface area contributed by atoms with Gasteiger partial charge in [0, 0.05) is 6.61 Å². The lowest BCUT2D eigenvalue weighted by Crippen LogP contribution is -2.34. The van der Waals surface area contributed by atoms with Gasteiger partial charge in [-0.2, -0.15) is 0 Å². The molecule has 0 fully saturated rings. The Hall–Kier alpha value is 1.05. The maximum absolute atomic E-state index is 6.09. The Labute approximate surface area is 172 Å². The molecule has 0 aliphatic carbocycles. The number of ether oxygens (including phenoxy) is 1. The van der Waals surface area contributed by atoms with Gasteiger partial charge in [0.1, 0.15) is 0 Å². The van der Waals surface area contributed by atoms with Crippen molar-refractivity contribution in [3.05, 3.63) is 0 Å². The molecule has 25 heavy (non-hydrogen) atoms. The smallest absolute Gasteiger partial charge is 0.369 e. The van der Waals surface area contributed by atoms with Crippen LogP contribution in [0.3, 0.4) is 0 Å². The van der Waals surface area contributed by atoms with Crippen LogP contribution in [0.2, 0.25) is 0 Å². The second kappa shape index (κ2) is 18.4. The molecule has 1 unspecified atom stereocenters. The van der Waals surface area contributed by atoms with Crippen LogP contribution in [0, 0.1) is 0 Å². The van der Waals surface area contributed by atoms with E-state index in [2.05, 4.69) is 6.92 Å². The van der Waals surface area contributed by atoms with Crippen molar-refractivity contribution in [2.45, 2.75) is 122 Å². The van der Waals surface area contributed by atoms with Crippen LogP contribution in [0.25, 0.3) is 0 Å². The van der Waals surface area contributed by atoms with Crippen LogP contribution in [0.15, 0.2) is 0 Å². The Morgan fingerprint density at radius 1 is 0.600 bits per heavy atom. The second-order valence-electron chi connectivity index (χ2n) is 7.22. The van der Waals surface area contributed by atoms with E-state index in [0.717, 1.165) is 12.8 Å². The zero-order valence-corrected chi connectivity index (χ0v) is 19.9. The van der Waals surface area contributed by atoms with Gasteiger partial charge in [-0.05, 0) is 13.3 Å². The highest BCUT2D eigenvalue weighted by Crippen LogP contribution is 2.29. The van der Waals surface area contributed by atoms with Crippen molar-refractivity contribution in [3.8, 4) is 0 Å². The van der Waals surface area contributed by atoms with Gasteiger partial charge < -0.3 is 4.74 Å². The predicted molar refractivity (Wildman–Crippen MR) is 118 cm³/mol. The third kappa shape index (κ3) is 18.2. The Balaban J connectivity index is 3.28. The molecule has 0 aromatic heterocycles. The van der Waals surface area contributed by atoms with Gasteiger partial charge in [-0.1, -0.05) is 103 Å². The number of hydrogen-bond donors (Lipinski definition) is 0. The molecule has 0 spiro atoms. The molecule has 0 saturated heterocycles. The molecule has 0 saturated carbocycles. The molecule has 0 aromatic carbocycles. The van der Waals surface area contributed by atoms with E-state index in [4.69, 9.17) is 38.0 Å². The minimum atomic E-state index is -2.72. The van der Waals surface area contributed by atoms with Gasteiger partial charge in [0.25, 0.3) is 0 Å². The van der Waals surface area contributed by atoms with E-state index in [1.807, 2.05) is 6.92 Å². The van der Waals surface area contributed by atoms with Gasteiger partial charge in [-0.25, -0.2) is 0 Å². The van der Waals surface area contributed by atoms with Crippen LogP contribution < -0.4 is 0 Å². The summed E-state index contributed by atoms with van der Waals surface area (Å²) in [5, 5.41) is 0. The molecule has 0 radical (unpaired) electrons. The molecule has 0 rings (SSSR count). The molecule has 152 valence electrons. The summed E-state index contributed by atoms with van der Waals surface area (Å²) in [4.78, 5) is 0. The average molecular weight is 432 g/mol. The third-order valence-electron chi connectivity index (χ3n) is 4.80. The first-order valence-corrected chi connectivity index (χ1v) is 15.8. The minimum Gasteiger partial charge on any atom is -0.378 e. The first-order valence-electron chi connectivity index (χ1n) is 10.7. The van der Waals surface area contributed by atoms with Crippen LogP contribution in [0.4, 0.5) is 0 Å². The van der Waals surface area contributed by atoms with E-state index in [1.165, 1.54) is 89.9 Å². The Bertz CT molecular complexity index is 272. The lowest BCUT2D eigenvalue weighted by molar-refractivity contribution is 0.108. The summed E-state index contributed by atoms with van der Waals surface area (Å²) >= 11 is 18.3. The van der Waals surface area contributed by atoms with E-state index in [1.54, 1.807) is 0 Å². The highest BCUT2D eigenvalue weighted by molar-refractivity contribution is 7.65. The Morgan fingerprint density at radius 3 is 1.28 bits per heavy atom. The van der Waals surface area contributed by atoms with Crippen molar-refractivity contribution in [2.24, 2.45) is 0 Å². The monoisotopic (exact) mass is 430 g/mol. The third-order valence-corrected chi connectivity index (χ3v) is 8.18. The molecule has 0 aliphatic rings. The predicted octanol–water partition coefficient (Wildman–Crippen LogP) is 8.85. The summed E-state index contributed by atoms with van der Waals surface area (Å²) in [6.45, 7) is 4.87. The molecule has 1 nitrogen and oxygen atoms in total. The Kier molecular flexibility index (Phi) is 19.2. The second-order valence-corrected chi connectivity index (χ2v) is 16.1. The van der Waals surface area contributed by atoms with Crippen molar-refractivity contribution in [1.82, 2.24) is 0 Å². The van der Waals surface area contributed by atoms with Gasteiger partial charge >= 0.3 is 6.00 Å². The highest BCUT2D eigenvalue weighted by Gasteiger charge is 2.37. The summed E-state index contributed by atoms with van der Waals surface area (Å²) in [6.07, 6.45) is 21.5. The number of rotatable bonds is 19. The standard InChI is InChI=1S/C20H41Cl3OSi/c1-3-5-6-7-8-9-10-11-12-13-14-15-16-17-18-19-20(24-4-2)25(21,22)23/h20H,3-19H2,1-2H3. The summed E-state index contributed by atoms with van der Waals surface area (Å²) in [7, 11) is 0. The molecule has 0 aromatic rings. The molecule has 0 amide bonds. The van der Waals surface area contributed by atoms with Crippen LogP contribution in [0.1, 0.15) is 117 Å². The maximum atomic E-state index is 6.09. The zero-order chi connectivity index (χ0) is 18.8. The fourth-order valence-corrected chi connectivity index (χ4v) is 5.68. The summed E-state index contributed by atoms with van der Waals surface area (Å²) in [5.74, 6) is 0. The van der Waals surface area contributed by atoms with Gasteiger partial charge in [0.2, 0.25) is 0 Å². The van der Waals surface area contributed by atoms with E-state index in [0.29, 0.717) is 6.61 Å². The number of unbranched alkanes of at least 4 members (excludes halogenated alkanes) is 14. The van der Waals surface area contributed by atoms with Gasteiger partial charge in [0.15, 0.2) is 0 Å². The summed E-state index contributed by atoms with van der Waals surface area (Å²) in [5.41, 5.74) is -0.135. The zero-order valence-electron chi connectivity index (χ0n) is 16.6. The van der Waals surface area contributed by atoms with Crippen molar-refractivity contribution in [2.75, 3.05) is 6.61 Å². The average Bonchev–Trinajstić information content (AvgIpc) is 2.56. The first-order chi connectivity index (χ1) is 12.0. The molecule has 0 aliphatic heterocycles.